The standard InChI is InChI=1S/C22H18N2O6/c1-23-5-6-24-13-3-4-16(29-2)21(27)19(13)12(14(24)10-23)9-18-22(28)20-15(26)7-11(25)8-17(20)30-18/h3-4,7-10,25-26H,5-6H2,1-2H3. The van der Waals surface area contributed by atoms with Crippen molar-refractivity contribution in [2.45, 2.75) is 6.54 Å². The molecule has 2 aliphatic heterocycles. The smallest absolute Gasteiger partial charge is 0.235 e. The fraction of sp³-hybridized carbons (Fsp3) is 0.182. The van der Waals surface area contributed by atoms with Gasteiger partial charge in [0.05, 0.1) is 23.4 Å². The summed E-state index contributed by atoms with van der Waals surface area (Å²) in [6.45, 7) is 1.46. The molecular formula is C22H18N2O6. The molecule has 0 spiro atoms. The Balaban J connectivity index is 1.74. The molecule has 1 aromatic carbocycles. The van der Waals surface area contributed by atoms with Crippen LogP contribution in [0.1, 0.15) is 26.3 Å². The van der Waals surface area contributed by atoms with Crippen molar-refractivity contribution < 1.29 is 29.3 Å². The van der Waals surface area contributed by atoms with Gasteiger partial charge in [-0.15, -0.1) is 0 Å². The van der Waals surface area contributed by atoms with Crippen molar-refractivity contribution >= 4 is 29.9 Å². The molecule has 8 heteroatoms. The largest absolute Gasteiger partial charge is 0.508 e. The van der Waals surface area contributed by atoms with Crippen molar-refractivity contribution in [3.63, 3.8) is 0 Å². The molecule has 0 bridgehead atoms. The van der Waals surface area contributed by atoms with E-state index in [-0.39, 0.29) is 40.1 Å². The lowest BCUT2D eigenvalue weighted by Gasteiger charge is -2.20. The zero-order valence-electron chi connectivity index (χ0n) is 16.3. The van der Waals surface area contributed by atoms with Crippen LogP contribution in [-0.2, 0) is 11.3 Å². The van der Waals surface area contributed by atoms with Gasteiger partial charge in [-0.3, -0.25) is 9.59 Å². The summed E-state index contributed by atoms with van der Waals surface area (Å²) in [6.07, 6.45) is 6.90. The normalized spacial score (nSPS) is 18.1. The first-order valence-electron chi connectivity index (χ1n) is 9.34. The van der Waals surface area contributed by atoms with Crippen LogP contribution in [0.5, 0.6) is 17.2 Å². The number of carbonyl (C=O) groups excluding carboxylic acids is 2. The number of nitrogens with zero attached hydrogens (tertiary/aromatic N) is 2. The van der Waals surface area contributed by atoms with Gasteiger partial charge in [-0.05, 0) is 18.2 Å². The highest BCUT2D eigenvalue weighted by molar-refractivity contribution is 6.17. The lowest BCUT2D eigenvalue weighted by molar-refractivity contribution is 0.0950. The zero-order chi connectivity index (χ0) is 21.2. The van der Waals surface area contributed by atoms with E-state index in [9.17, 15) is 19.8 Å². The van der Waals surface area contributed by atoms with Crippen LogP contribution in [0.15, 0.2) is 29.7 Å². The number of hydrogen-bond donors (Lipinski definition) is 2. The van der Waals surface area contributed by atoms with E-state index in [4.69, 9.17) is 9.47 Å². The summed E-state index contributed by atoms with van der Waals surface area (Å²) < 4.78 is 12.9. The molecule has 5 rings (SSSR count). The second kappa shape index (κ2) is 6.28. The van der Waals surface area contributed by atoms with Crippen LogP contribution in [0.2, 0.25) is 0 Å². The average Bonchev–Trinajstić information content (AvgIpc) is 3.17. The van der Waals surface area contributed by atoms with E-state index in [0.29, 0.717) is 17.7 Å². The molecule has 3 heterocycles. The van der Waals surface area contributed by atoms with Crippen LogP contribution in [0.4, 0.5) is 0 Å². The number of allylic oxidation sites excluding steroid dienone is 3. The predicted molar refractivity (Wildman–Crippen MR) is 107 cm³/mol. The van der Waals surface area contributed by atoms with Gasteiger partial charge in [0.25, 0.3) is 0 Å². The number of likely N-dealkylation sites (N-methyl/N-ethyl adjacent to an activating group) is 1. The quantitative estimate of drug-likeness (QED) is 0.709. The van der Waals surface area contributed by atoms with Gasteiger partial charge in [-0.2, -0.15) is 0 Å². The number of aromatic nitrogens is 1. The maximum Gasteiger partial charge on any atom is 0.235 e. The SMILES string of the molecule is COC1=CC=c2c(c(C=C3Oc4cc(O)cc(O)c4C3=O)c3n2CCN(C)C=3)C1=O. The van der Waals surface area contributed by atoms with E-state index in [1.165, 1.54) is 19.3 Å². The van der Waals surface area contributed by atoms with Crippen LogP contribution in [0, 0.1) is 0 Å². The van der Waals surface area contributed by atoms with E-state index in [1.807, 2.05) is 28.8 Å². The average molecular weight is 406 g/mol. The fourth-order valence-corrected chi connectivity index (χ4v) is 4.07. The number of hydrogen-bond acceptors (Lipinski definition) is 7. The molecule has 1 aliphatic carbocycles. The van der Waals surface area contributed by atoms with Gasteiger partial charge in [0.15, 0.2) is 11.5 Å². The molecule has 3 aliphatic rings. The molecule has 0 saturated heterocycles. The lowest BCUT2D eigenvalue weighted by atomic mass is 10.0. The minimum atomic E-state index is -0.518. The summed E-state index contributed by atoms with van der Waals surface area (Å²) >= 11 is 0. The summed E-state index contributed by atoms with van der Waals surface area (Å²) in [6, 6.07) is 2.35. The van der Waals surface area contributed by atoms with Crippen LogP contribution in [-0.4, -0.2) is 51.9 Å². The third-order valence-corrected chi connectivity index (χ3v) is 5.48. The van der Waals surface area contributed by atoms with Gasteiger partial charge in [-0.25, -0.2) is 0 Å². The summed E-state index contributed by atoms with van der Waals surface area (Å²) in [5.41, 5.74) is 0.959. The molecule has 0 unspecified atom stereocenters. The van der Waals surface area contributed by atoms with Crippen LogP contribution in [0.25, 0.3) is 18.4 Å². The Hall–Kier alpha value is -3.94. The molecule has 30 heavy (non-hydrogen) atoms. The second-order valence-electron chi connectivity index (χ2n) is 7.33. The molecule has 2 aromatic rings. The Labute approximate surface area is 170 Å². The fourth-order valence-electron chi connectivity index (χ4n) is 4.07. The number of benzene rings is 1. The van der Waals surface area contributed by atoms with E-state index >= 15 is 0 Å². The molecule has 152 valence electrons. The van der Waals surface area contributed by atoms with Gasteiger partial charge < -0.3 is 29.2 Å². The number of phenolic OH excluding ortho intramolecular Hbond substituents is 2. The number of Topliss-reactive ketones (excluding diaryl/α,β-unsaturated/α-hetero) is 2. The van der Waals surface area contributed by atoms with Gasteiger partial charge >= 0.3 is 0 Å². The topological polar surface area (TPSA) is 101 Å². The number of fused-ring (bicyclic) bond motifs is 4. The molecule has 0 fully saturated rings. The van der Waals surface area contributed by atoms with E-state index < -0.39 is 5.78 Å². The number of methoxy groups -OCH3 is 1. The Morgan fingerprint density at radius 3 is 2.63 bits per heavy atom. The van der Waals surface area contributed by atoms with E-state index in [2.05, 4.69) is 0 Å². The van der Waals surface area contributed by atoms with Crippen molar-refractivity contribution in [3.05, 3.63) is 57.1 Å². The first-order chi connectivity index (χ1) is 14.4. The Bertz CT molecular complexity index is 1330. The van der Waals surface area contributed by atoms with Crippen molar-refractivity contribution in [2.75, 3.05) is 20.7 Å². The summed E-state index contributed by atoms with van der Waals surface area (Å²) in [5.74, 6) is -1.12. The highest BCUT2D eigenvalue weighted by Gasteiger charge is 2.33. The van der Waals surface area contributed by atoms with Gasteiger partial charge in [0.2, 0.25) is 11.6 Å². The Morgan fingerprint density at radius 2 is 1.87 bits per heavy atom. The molecular weight excluding hydrogens is 388 g/mol. The summed E-state index contributed by atoms with van der Waals surface area (Å²) in [4.78, 5) is 27.9. The summed E-state index contributed by atoms with van der Waals surface area (Å²) in [7, 11) is 3.37. The third-order valence-electron chi connectivity index (χ3n) is 5.48. The number of phenols is 2. The van der Waals surface area contributed by atoms with Crippen molar-refractivity contribution in [3.8, 4) is 17.2 Å². The van der Waals surface area contributed by atoms with Gasteiger partial charge in [-0.1, -0.05) is 0 Å². The number of rotatable bonds is 2. The minimum absolute atomic E-state index is 0.0162. The van der Waals surface area contributed by atoms with E-state index in [1.54, 1.807) is 6.08 Å². The Morgan fingerprint density at radius 1 is 1.07 bits per heavy atom. The Kier molecular flexibility index (Phi) is 3.79. The van der Waals surface area contributed by atoms with Crippen LogP contribution >= 0.6 is 0 Å². The van der Waals surface area contributed by atoms with Crippen molar-refractivity contribution in [1.29, 1.82) is 0 Å². The molecule has 0 atom stereocenters. The minimum Gasteiger partial charge on any atom is -0.508 e. The lowest BCUT2D eigenvalue weighted by Crippen LogP contribution is -2.38. The van der Waals surface area contributed by atoms with Crippen LogP contribution in [0.3, 0.4) is 0 Å². The van der Waals surface area contributed by atoms with Crippen molar-refractivity contribution in [2.24, 2.45) is 0 Å². The van der Waals surface area contributed by atoms with E-state index in [0.717, 1.165) is 23.3 Å². The zero-order valence-corrected chi connectivity index (χ0v) is 16.3. The molecule has 1 aromatic heterocycles. The third kappa shape index (κ3) is 2.46. The molecule has 0 radical (unpaired) electrons. The van der Waals surface area contributed by atoms with Crippen LogP contribution < -0.4 is 15.4 Å². The van der Waals surface area contributed by atoms with Crippen molar-refractivity contribution in [1.82, 2.24) is 9.47 Å². The molecule has 2 N–H and O–H groups in total. The molecule has 0 amide bonds. The first-order valence-corrected chi connectivity index (χ1v) is 9.34. The van der Waals surface area contributed by atoms with Gasteiger partial charge in [0, 0.05) is 44.0 Å². The maximum atomic E-state index is 13.1. The second-order valence-corrected chi connectivity index (χ2v) is 7.33. The number of ether oxygens (including phenoxy) is 2. The highest BCUT2D eigenvalue weighted by atomic mass is 16.5. The maximum absolute atomic E-state index is 13.1. The monoisotopic (exact) mass is 406 g/mol. The molecule has 0 saturated carbocycles. The first kappa shape index (κ1) is 18.1. The highest BCUT2D eigenvalue weighted by Crippen LogP contribution is 2.40. The number of carbonyl (C=O) groups is 2. The summed E-state index contributed by atoms with van der Waals surface area (Å²) in [5, 5.41) is 21.3. The van der Waals surface area contributed by atoms with Gasteiger partial charge in [0.1, 0.15) is 22.8 Å². The molecule has 8 nitrogen and oxygen atoms in total. The number of ketones is 2. The predicted octanol–water partition coefficient (Wildman–Crippen LogP) is 0.706. The number of aromatic hydroxyl groups is 2.